The SMILES string of the molecule is Cc1cc(CSc2ncccc2C(=O)N(C)c2ccccc2)no1. The van der Waals surface area contributed by atoms with Crippen molar-refractivity contribution in [3.63, 3.8) is 0 Å². The lowest BCUT2D eigenvalue weighted by Crippen LogP contribution is -2.26. The highest BCUT2D eigenvalue weighted by atomic mass is 32.2. The number of nitrogens with zero attached hydrogens (tertiary/aromatic N) is 3. The lowest BCUT2D eigenvalue weighted by molar-refractivity contribution is 0.0989. The number of hydrogen-bond donors (Lipinski definition) is 0. The molecule has 0 spiro atoms. The number of pyridine rings is 1. The number of rotatable bonds is 5. The molecule has 6 heteroatoms. The second kappa shape index (κ2) is 7.31. The highest BCUT2D eigenvalue weighted by molar-refractivity contribution is 7.98. The van der Waals surface area contributed by atoms with Crippen molar-refractivity contribution in [2.45, 2.75) is 17.7 Å². The standard InChI is InChI=1S/C18H17N3O2S/c1-13-11-14(20-23-13)12-24-17-16(9-6-10-19-17)18(22)21(2)15-7-4-3-5-8-15/h3-11H,12H2,1-2H3. The average molecular weight is 339 g/mol. The van der Waals surface area contributed by atoms with Crippen molar-refractivity contribution in [1.82, 2.24) is 10.1 Å². The minimum absolute atomic E-state index is 0.0897. The molecule has 5 nitrogen and oxygen atoms in total. The Balaban J connectivity index is 1.79. The summed E-state index contributed by atoms with van der Waals surface area (Å²) in [6, 6.07) is 15.0. The monoisotopic (exact) mass is 339 g/mol. The smallest absolute Gasteiger partial charge is 0.260 e. The highest BCUT2D eigenvalue weighted by Crippen LogP contribution is 2.26. The highest BCUT2D eigenvalue weighted by Gasteiger charge is 2.18. The Bertz CT molecular complexity index is 833. The third-order valence-electron chi connectivity index (χ3n) is 3.48. The van der Waals surface area contributed by atoms with E-state index >= 15 is 0 Å². The summed E-state index contributed by atoms with van der Waals surface area (Å²) in [4.78, 5) is 18.8. The van der Waals surface area contributed by atoms with Gasteiger partial charge in [-0.05, 0) is 31.2 Å². The number of aromatic nitrogens is 2. The van der Waals surface area contributed by atoms with E-state index in [1.807, 2.05) is 43.3 Å². The molecule has 0 bridgehead atoms. The Kier molecular flexibility index (Phi) is 4.96. The maximum Gasteiger partial charge on any atom is 0.260 e. The van der Waals surface area contributed by atoms with Gasteiger partial charge in [-0.15, -0.1) is 0 Å². The van der Waals surface area contributed by atoms with Crippen molar-refractivity contribution in [1.29, 1.82) is 0 Å². The number of amides is 1. The molecular weight excluding hydrogens is 322 g/mol. The molecule has 0 aliphatic heterocycles. The fourth-order valence-electron chi connectivity index (χ4n) is 2.25. The van der Waals surface area contributed by atoms with Gasteiger partial charge in [-0.1, -0.05) is 35.1 Å². The largest absolute Gasteiger partial charge is 0.361 e. The number of hydrogen-bond acceptors (Lipinski definition) is 5. The van der Waals surface area contributed by atoms with E-state index in [-0.39, 0.29) is 5.91 Å². The Morgan fingerprint density at radius 2 is 2.00 bits per heavy atom. The molecule has 122 valence electrons. The summed E-state index contributed by atoms with van der Waals surface area (Å²) >= 11 is 1.47. The molecule has 0 aliphatic carbocycles. The molecule has 3 aromatic rings. The lowest BCUT2D eigenvalue weighted by Gasteiger charge is -2.18. The maximum atomic E-state index is 12.8. The van der Waals surface area contributed by atoms with Crippen molar-refractivity contribution in [3.05, 3.63) is 71.7 Å². The molecule has 0 saturated carbocycles. The van der Waals surface area contributed by atoms with Gasteiger partial charge in [-0.3, -0.25) is 4.79 Å². The Morgan fingerprint density at radius 3 is 2.71 bits per heavy atom. The van der Waals surface area contributed by atoms with E-state index in [9.17, 15) is 4.79 Å². The number of aryl methyl sites for hydroxylation is 1. The average Bonchev–Trinajstić information content (AvgIpc) is 3.05. The number of anilines is 1. The number of benzene rings is 1. The topological polar surface area (TPSA) is 59.2 Å². The van der Waals surface area contributed by atoms with E-state index in [4.69, 9.17) is 4.52 Å². The fourth-order valence-corrected chi connectivity index (χ4v) is 3.11. The Morgan fingerprint density at radius 1 is 1.21 bits per heavy atom. The van der Waals surface area contributed by atoms with Gasteiger partial charge in [-0.25, -0.2) is 4.98 Å². The van der Waals surface area contributed by atoms with Crippen molar-refractivity contribution in [2.24, 2.45) is 0 Å². The summed E-state index contributed by atoms with van der Waals surface area (Å²) < 4.78 is 5.07. The molecule has 1 amide bonds. The van der Waals surface area contributed by atoms with Gasteiger partial charge in [-0.2, -0.15) is 0 Å². The van der Waals surface area contributed by atoms with Gasteiger partial charge in [0.05, 0.1) is 11.3 Å². The molecule has 0 N–H and O–H groups in total. The molecule has 1 aromatic carbocycles. The zero-order valence-corrected chi connectivity index (χ0v) is 14.3. The second-order valence-corrected chi connectivity index (χ2v) is 6.24. The molecule has 0 aliphatic rings. The van der Waals surface area contributed by atoms with Crippen LogP contribution in [0.1, 0.15) is 21.8 Å². The van der Waals surface area contributed by atoms with Crippen molar-refractivity contribution in [2.75, 3.05) is 11.9 Å². The lowest BCUT2D eigenvalue weighted by atomic mass is 10.2. The van der Waals surface area contributed by atoms with E-state index in [1.165, 1.54) is 11.8 Å². The number of carbonyl (C=O) groups is 1. The molecular formula is C18H17N3O2S. The van der Waals surface area contributed by atoms with Crippen LogP contribution in [0.5, 0.6) is 0 Å². The summed E-state index contributed by atoms with van der Waals surface area (Å²) in [7, 11) is 1.76. The first-order chi connectivity index (χ1) is 11.6. The summed E-state index contributed by atoms with van der Waals surface area (Å²) in [5.41, 5.74) is 2.25. The normalized spacial score (nSPS) is 10.6. The van der Waals surface area contributed by atoms with Gasteiger partial charge in [0, 0.05) is 30.8 Å². The van der Waals surface area contributed by atoms with Crippen LogP contribution in [0, 0.1) is 6.92 Å². The van der Waals surface area contributed by atoms with Crippen LogP contribution in [-0.2, 0) is 5.75 Å². The van der Waals surface area contributed by atoms with E-state index in [0.717, 1.165) is 17.1 Å². The van der Waals surface area contributed by atoms with Gasteiger partial charge < -0.3 is 9.42 Å². The molecule has 0 atom stereocenters. The summed E-state index contributed by atoms with van der Waals surface area (Å²) in [6.07, 6.45) is 1.69. The van der Waals surface area contributed by atoms with E-state index in [0.29, 0.717) is 16.3 Å². The quantitative estimate of drug-likeness (QED) is 0.659. The first-order valence-corrected chi connectivity index (χ1v) is 8.47. The van der Waals surface area contributed by atoms with Crippen LogP contribution in [0.3, 0.4) is 0 Å². The fraction of sp³-hybridized carbons (Fsp3) is 0.167. The predicted octanol–water partition coefficient (Wildman–Crippen LogP) is 3.95. The van der Waals surface area contributed by atoms with Crippen LogP contribution in [0.2, 0.25) is 0 Å². The van der Waals surface area contributed by atoms with Crippen molar-refractivity contribution in [3.8, 4) is 0 Å². The molecule has 0 fully saturated rings. The van der Waals surface area contributed by atoms with Gasteiger partial charge in [0.1, 0.15) is 10.8 Å². The van der Waals surface area contributed by atoms with Crippen LogP contribution < -0.4 is 4.90 Å². The number of carbonyl (C=O) groups excluding carboxylic acids is 1. The molecule has 0 unspecified atom stereocenters. The molecule has 0 radical (unpaired) electrons. The second-order valence-electron chi connectivity index (χ2n) is 5.27. The maximum absolute atomic E-state index is 12.8. The Labute approximate surface area is 144 Å². The minimum Gasteiger partial charge on any atom is -0.361 e. The first-order valence-electron chi connectivity index (χ1n) is 7.48. The van der Waals surface area contributed by atoms with Crippen LogP contribution >= 0.6 is 11.8 Å². The van der Waals surface area contributed by atoms with Crippen LogP contribution in [-0.4, -0.2) is 23.1 Å². The summed E-state index contributed by atoms with van der Waals surface area (Å²) in [6.45, 7) is 1.85. The zero-order chi connectivity index (χ0) is 16.9. The van der Waals surface area contributed by atoms with Crippen molar-refractivity contribution >= 4 is 23.4 Å². The van der Waals surface area contributed by atoms with Gasteiger partial charge in [0.15, 0.2) is 0 Å². The molecule has 2 heterocycles. The van der Waals surface area contributed by atoms with Crippen LogP contribution in [0.4, 0.5) is 5.69 Å². The molecule has 2 aromatic heterocycles. The third-order valence-corrected chi connectivity index (χ3v) is 4.52. The van der Waals surface area contributed by atoms with E-state index in [1.54, 1.807) is 30.3 Å². The zero-order valence-electron chi connectivity index (χ0n) is 13.5. The molecule has 0 saturated heterocycles. The van der Waals surface area contributed by atoms with E-state index < -0.39 is 0 Å². The third kappa shape index (κ3) is 3.65. The number of thioether (sulfide) groups is 1. The van der Waals surface area contributed by atoms with Gasteiger partial charge in [0.25, 0.3) is 5.91 Å². The number of para-hydroxylation sites is 1. The van der Waals surface area contributed by atoms with Crippen LogP contribution in [0.15, 0.2) is 64.3 Å². The summed E-state index contributed by atoms with van der Waals surface area (Å²) in [5, 5.41) is 4.66. The first kappa shape index (κ1) is 16.3. The predicted molar refractivity (Wildman–Crippen MR) is 94.2 cm³/mol. The molecule has 3 rings (SSSR count). The van der Waals surface area contributed by atoms with E-state index in [2.05, 4.69) is 10.1 Å². The minimum atomic E-state index is -0.0897. The summed E-state index contributed by atoms with van der Waals surface area (Å²) in [5.74, 6) is 1.28. The molecule has 24 heavy (non-hydrogen) atoms. The van der Waals surface area contributed by atoms with Crippen molar-refractivity contribution < 1.29 is 9.32 Å². The van der Waals surface area contributed by atoms with Crippen LogP contribution in [0.25, 0.3) is 0 Å². The Hall–Kier alpha value is -2.60. The van der Waals surface area contributed by atoms with Gasteiger partial charge >= 0.3 is 0 Å². The van der Waals surface area contributed by atoms with Gasteiger partial charge in [0.2, 0.25) is 0 Å².